The Balaban J connectivity index is 0.841. The van der Waals surface area contributed by atoms with Crippen LogP contribution in [0.1, 0.15) is 113 Å². The normalized spacial score (nSPS) is 54.6. The lowest BCUT2D eigenvalue weighted by molar-refractivity contribution is -0.379. The van der Waals surface area contributed by atoms with Crippen LogP contribution in [0.3, 0.4) is 0 Å². The van der Waals surface area contributed by atoms with Gasteiger partial charge in [0.1, 0.15) is 116 Å². The Kier molecular flexibility index (Phi) is 20.2. The third kappa shape index (κ3) is 11.5. The Morgan fingerprint density at radius 2 is 1.03 bits per heavy atom. The summed E-state index contributed by atoms with van der Waals surface area (Å²) in [7, 11) is 0. The lowest BCUT2D eigenvalue weighted by atomic mass is 9.33. The fourth-order valence-corrected chi connectivity index (χ4v) is 17.9. The molecule has 0 aromatic rings. The third-order valence-corrected chi connectivity index (χ3v) is 23.6. The third-order valence-electron chi connectivity index (χ3n) is 23.6. The van der Waals surface area contributed by atoms with E-state index in [0.29, 0.717) is 57.8 Å². The summed E-state index contributed by atoms with van der Waals surface area (Å²) in [5, 5.41) is 183. The van der Waals surface area contributed by atoms with Crippen LogP contribution in [0.5, 0.6) is 0 Å². The first-order chi connectivity index (χ1) is 41.3. The average molecular weight is 1270 g/mol. The minimum absolute atomic E-state index is 0.0600. The first-order valence-electron chi connectivity index (χ1n) is 31.4. The van der Waals surface area contributed by atoms with Crippen LogP contribution in [0, 0.1) is 50.2 Å². The van der Waals surface area contributed by atoms with Gasteiger partial charge in [0.15, 0.2) is 25.2 Å². The largest absolute Gasteiger partial charge is 0.432 e. The van der Waals surface area contributed by atoms with E-state index in [1.54, 1.807) is 0 Å². The van der Waals surface area contributed by atoms with Crippen LogP contribution in [0.2, 0.25) is 0 Å². The number of allylic oxidation sites excluding steroid dienone is 2. The Bertz CT molecular complexity index is 2440. The molecule has 0 amide bonds. The number of rotatable bonds is 15. The Hall–Kier alpha value is -1.83. The molecule has 0 radical (unpaired) electrons. The highest BCUT2D eigenvalue weighted by Gasteiger charge is 2.71. The van der Waals surface area contributed by atoms with E-state index in [-0.39, 0.29) is 35.2 Å². The summed E-state index contributed by atoms with van der Waals surface area (Å²) >= 11 is 0. The molecule has 4 saturated carbocycles. The number of esters is 1. The van der Waals surface area contributed by atoms with Crippen molar-refractivity contribution in [3.05, 3.63) is 11.6 Å². The number of aliphatic hydroxyl groups excluding tert-OH is 17. The molecular weight excluding hydrogens is 1170 g/mol. The molecule has 0 aromatic heterocycles. The van der Waals surface area contributed by atoms with Crippen LogP contribution in [0.25, 0.3) is 0 Å². The predicted octanol–water partition coefficient (Wildman–Crippen LogP) is -4.21. The van der Waals surface area contributed by atoms with Crippen molar-refractivity contribution in [2.45, 2.75) is 272 Å². The predicted molar refractivity (Wildman–Crippen MR) is 295 cm³/mol. The second-order valence-corrected chi connectivity index (χ2v) is 28.9. The van der Waals surface area contributed by atoms with E-state index in [1.165, 1.54) is 6.92 Å². The molecule has 34 atom stereocenters. The molecule has 0 aromatic carbocycles. The molecule has 34 unspecified atom stereocenters. The van der Waals surface area contributed by atoms with Crippen LogP contribution in [0.15, 0.2) is 11.6 Å². The van der Waals surface area contributed by atoms with Gasteiger partial charge in [0.05, 0.1) is 50.7 Å². The molecule has 17 N–H and O–H groups in total. The van der Waals surface area contributed by atoms with Crippen molar-refractivity contribution in [2.24, 2.45) is 50.2 Å². The first-order valence-corrected chi connectivity index (χ1v) is 31.4. The molecule has 10 aliphatic rings. The fraction of sp³-hybridized carbons (Fsp3) is 0.950. The van der Waals surface area contributed by atoms with Crippen LogP contribution < -0.4 is 0 Å². The number of hydrogen-bond acceptors (Lipinski definition) is 28. The van der Waals surface area contributed by atoms with E-state index in [9.17, 15) is 86.8 Å². The Morgan fingerprint density at radius 3 is 1.67 bits per heavy atom. The van der Waals surface area contributed by atoms with E-state index in [1.807, 2.05) is 6.92 Å². The van der Waals surface area contributed by atoms with Gasteiger partial charge in [0.2, 0.25) is 6.29 Å². The number of aliphatic hydroxyl groups is 17. The lowest BCUT2D eigenvalue weighted by Gasteiger charge is -2.71. The molecule has 9 fully saturated rings. The molecule has 0 spiro atoms. The summed E-state index contributed by atoms with van der Waals surface area (Å²) in [6, 6.07) is 0. The van der Waals surface area contributed by atoms with Gasteiger partial charge in [-0.05, 0) is 111 Å². The van der Waals surface area contributed by atoms with Gasteiger partial charge in [-0.2, -0.15) is 0 Å². The van der Waals surface area contributed by atoms with Crippen molar-refractivity contribution in [2.75, 3.05) is 33.0 Å². The van der Waals surface area contributed by atoms with Gasteiger partial charge < -0.3 is 134 Å². The van der Waals surface area contributed by atoms with E-state index < -0.39 is 214 Å². The molecule has 0 bridgehead atoms. The number of ether oxygens (including phenoxy) is 10. The average Bonchev–Trinajstić information content (AvgIpc) is 0.678. The zero-order valence-corrected chi connectivity index (χ0v) is 51.0. The maximum absolute atomic E-state index is 15.3. The highest BCUT2D eigenvalue weighted by molar-refractivity contribution is 5.79. The quantitative estimate of drug-likeness (QED) is 0.0420. The maximum Gasteiger partial charge on any atom is 0.315 e. The highest BCUT2D eigenvalue weighted by Crippen LogP contribution is 2.76. The van der Waals surface area contributed by atoms with Crippen LogP contribution >= 0.6 is 0 Å². The smallest absolute Gasteiger partial charge is 0.315 e. The van der Waals surface area contributed by atoms with E-state index >= 15 is 4.79 Å². The van der Waals surface area contributed by atoms with Crippen molar-refractivity contribution < 1.29 is 139 Å². The first kappa shape index (κ1) is 69.0. The van der Waals surface area contributed by atoms with Crippen molar-refractivity contribution >= 4 is 5.97 Å². The van der Waals surface area contributed by atoms with Gasteiger partial charge in [-0.15, -0.1) is 0 Å². The van der Waals surface area contributed by atoms with Gasteiger partial charge in [-0.3, -0.25) is 4.79 Å². The van der Waals surface area contributed by atoms with Gasteiger partial charge in [-0.25, -0.2) is 0 Å². The standard InChI is InChI=1S/C60H98O28/c1-24-34(65)38(69)43(74)50(80-24)86-47-29(21-63)83-49(46(77)42(47)73)79-22-30-37(68)40(71)45(76)52(84-30)88-54(78)60-16-14-55(2,3)18-26(60)25-8-9-32-56(4)12-11-33(57(5,23-64)31(56)10-13-59(32,7)58(25,6)15-17-60)85-53-48(41(72)36(67)28(20-62)82-53)87-51-44(75)39(70)35(66)27(19-61)81-51/h8,24,26-53,61-77H,9-23H2,1-7H3. The van der Waals surface area contributed by atoms with Crippen molar-refractivity contribution in [1.82, 2.24) is 0 Å². The molecule has 5 aliphatic heterocycles. The summed E-state index contributed by atoms with van der Waals surface area (Å²) in [4.78, 5) is 15.3. The van der Waals surface area contributed by atoms with Gasteiger partial charge in [0, 0.05) is 5.41 Å². The van der Waals surface area contributed by atoms with E-state index in [2.05, 4.69) is 40.7 Å². The Labute approximate surface area is 510 Å². The summed E-state index contributed by atoms with van der Waals surface area (Å²) in [5.74, 6) is -1.06. The topological polar surface area (TPSA) is 453 Å². The molecule has 506 valence electrons. The maximum atomic E-state index is 15.3. The minimum atomic E-state index is -1.92. The van der Waals surface area contributed by atoms with Crippen LogP contribution in [-0.2, 0) is 52.2 Å². The molecule has 5 aliphatic carbocycles. The lowest BCUT2D eigenvalue weighted by Crippen LogP contribution is -2.68. The molecule has 10 rings (SSSR count). The number of carbonyl (C=O) groups excluding carboxylic acids is 1. The molecule has 28 nitrogen and oxygen atoms in total. The number of fused-ring (bicyclic) bond motifs is 7. The fourth-order valence-electron chi connectivity index (χ4n) is 17.9. The van der Waals surface area contributed by atoms with Crippen molar-refractivity contribution in [1.29, 1.82) is 0 Å². The Morgan fingerprint density at radius 1 is 0.511 bits per heavy atom. The van der Waals surface area contributed by atoms with Crippen LogP contribution in [0.4, 0.5) is 0 Å². The minimum Gasteiger partial charge on any atom is -0.432 e. The molecular formula is C60H98O28. The highest BCUT2D eigenvalue weighted by atomic mass is 16.8. The summed E-state index contributed by atoms with van der Waals surface area (Å²) in [5.41, 5.74) is -2.30. The summed E-state index contributed by atoms with van der Waals surface area (Å²) in [6.07, 6.45) is -34.1. The second kappa shape index (κ2) is 25.7. The van der Waals surface area contributed by atoms with E-state index in [4.69, 9.17) is 47.4 Å². The van der Waals surface area contributed by atoms with Gasteiger partial charge >= 0.3 is 5.97 Å². The summed E-state index contributed by atoms with van der Waals surface area (Å²) in [6.45, 7) is 11.4. The number of carbonyl (C=O) groups is 1. The second-order valence-electron chi connectivity index (χ2n) is 28.9. The van der Waals surface area contributed by atoms with E-state index in [0.717, 1.165) is 12.0 Å². The van der Waals surface area contributed by atoms with Gasteiger partial charge in [-0.1, -0.05) is 53.2 Å². The number of hydrogen-bond donors (Lipinski definition) is 17. The van der Waals surface area contributed by atoms with Crippen molar-refractivity contribution in [3.8, 4) is 0 Å². The summed E-state index contributed by atoms with van der Waals surface area (Å²) < 4.78 is 59.4. The van der Waals surface area contributed by atoms with Crippen molar-refractivity contribution in [3.63, 3.8) is 0 Å². The van der Waals surface area contributed by atoms with Gasteiger partial charge in [0.25, 0.3) is 0 Å². The molecule has 5 saturated heterocycles. The van der Waals surface area contributed by atoms with Crippen LogP contribution in [-0.4, -0.2) is 285 Å². The molecule has 5 heterocycles. The zero-order valence-electron chi connectivity index (χ0n) is 51.0. The molecule has 88 heavy (non-hydrogen) atoms. The SMILES string of the molecule is CC1OC(OC2C(CO)OC(OCC3OC(OC(=O)C45CCC(C)(C)CC4C4=CCC6C7(C)CCC(OC8OC(CO)C(O)C(O)C8OC8OC(CO)C(O)C(O)C8O)C(C)(CO)C7CCC6(C)C4(C)CC5)C(O)C(O)C3O)C(O)C2O)C(O)C(O)C1O. The zero-order chi connectivity index (χ0) is 64.3. The monoisotopic (exact) mass is 1270 g/mol. The molecule has 28 heteroatoms.